The Morgan fingerprint density at radius 2 is 2.20 bits per heavy atom. The maximum absolute atomic E-state index is 10.5. The second kappa shape index (κ2) is 5.58. The van der Waals surface area contributed by atoms with Crippen molar-refractivity contribution in [2.45, 2.75) is 31.4 Å². The van der Waals surface area contributed by atoms with Crippen molar-refractivity contribution in [2.24, 2.45) is 0 Å². The Morgan fingerprint density at radius 1 is 1.40 bits per heavy atom. The number of nitrogens with zero attached hydrogens (tertiary/aromatic N) is 3. The summed E-state index contributed by atoms with van der Waals surface area (Å²) in [6.07, 6.45) is 9.60. The maximum atomic E-state index is 10.5. The van der Waals surface area contributed by atoms with Gasteiger partial charge in [-0.05, 0) is 25.3 Å². The number of anilines is 1. The number of ether oxygens (including phenoxy) is 1. The van der Waals surface area contributed by atoms with E-state index in [1.165, 1.54) is 12.5 Å². The summed E-state index contributed by atoms with van der Waals surface area (Å²) in [7, 11) is 0. The second-order valence-corrected chi connectivity index (χ2v) is 5.09. The van der Waals surface area contributed by atoms with Crippen LogP contribution in [0.2, 0.25) is 0 Å². The Labute approximate surface area is 117 Å². The van der Waals surface area contributed by atoms with Crippen LogP contribution in [0.5, 0.6) is 0 Å². The summed E-state index contributed by atoms with van der Waals surface area (Å²) in [4.78, 5) is 21.4. The molecular formula is C14H17N3O3. The first-order valence-corrected chi connectivity index (χ1v) is 6.85. The normalized spacial score (nSPS) is 25.9. The van der Waals surface area contributed by atoms with Gasteiger partial charge in [-0.1, -0.05) is 0 Å². The van der Waals surface area contributed by atoms with Gasteiger partial charge in [0.2, 0.25) is 5.95 Å². The minimum absolute atomic E-state index is 0.305. The summed E-state index contributed by atoms with van der Waals surface area (Å²) >= 11 is 0. The number of rotatable bonds is 3. The Balaban J connectivity index is 1.75. The van der Waals surface area contributed by atoms with E-state index in [1.807, 2.05) is 0 Å². The zero-order valence-electron chi connectivity index (χ0n) is 11.1. The van der Waals surface area contributed by atoms with Crippen LogP contribution in [0.3, 0.4) is 0 Å². The van der Waals surface area contributed by atoms with Crippen LogP contribution < -0.4 is 4.90 Å². The lowest BCUT2D eigenvalue weighted by molar-refractivity contribution is -0.131. The summed E-state index contributed by atoms with van der Waals surface area (Å²) in [5.74, 6) is -0.270. The van der Waals surface area contributed by atoms with Crippen LogP contribution in [0.4, 0.5) is 5.95 Å². The number of aromatic nitrogens is 2. The van der Waals surface area contributed by atoms with E-state index >= 15 is 0 Å². The van der Waals surface area contributed by atoms with Gasteiger partial charge in [0.25, 0.3) is 0 Å². The molecule has 6 heteroatoms. The predicted octanol–water partition coefficient (Wildman–Crippen LogP) is 1.33. The maximum Gasteiger partial charge on any atom is 0.328 e. The predicted molar refractivity (Wildman–Crippen MR) is 73.4 cm³/mol. The molecule has 1 N–H and O–H groups in total. The van der Waals surface area contributed by atoms with Crippen LogP contribution in [-0.2, 0) is 9.53 Å². The molecule has 2 fully saturated rings. The lowest BCUT2D eigenvalue weighted by Crippen LogP contribution is -2.49. The van der Waals surface area contributed by atoms with Crippen LogP contribution in [0.25, 0.3) is 6.08 Å². The quantitative estimate of drug-likeness (QED) is 0.839. The minimum atomic E-state index is -0.976. The molecule has 2 atom stereocenters. The molecule has 1 aliphatic carbocycles. The summed E-state index contributed by atoms with van der Waals surface area (Å²) < 4.78 is 5.77. The Bertz CT molecular complexity index is 515. The molecule has 0 aromatic carbocycles. The zero-order valence-corrected chi connectivity index (χ0v) is 11.1. The number of carbonyl (C=O) groups is 1. The molecule has 6 nitrogen and oxygen atoms in total. The number of fused-ring (bicyclic) bond motifs is 1. The molecule has 0 radical (unpaired) electrons. The van der Waals surface area contributed by atoms with Crippen LogP contribution in [0, 0.1) is 0 Å². The molecule has 1 saturated carbocycles. The van der Waals surface area contributed by atoms with Crippen LogP contribution >= 0.6 is 0 Å². The molecule has 1 aromatic rings. The molecule has 3 rings (SSSR count). The standard InChI is InChI=1S/C14H17N3O3/c18-13(19)5-4-10-8-15-14(16-9-10)17-6-7-20-12-3-1-2-11(12)17/h4-5,8-9,11-12H,1-3,6-7H2,(H,18,19)/b5-4+. The third kappa shape index (κ3) is 2.65. The topological polar surface area (TPSA) is 75.5 Å². The average Bonchev–Trinajstić information content (AvgIpc) is 2.94. The number of hydrogen-bond acceptors (Lipinski definition) is 5. The first-order valence-electron chi connectivity index (χ1n) is 6.85. The highest BCUT2D eigenvalue weighted by molar-refractivity contribution is 5.85. The van der Waals surface area contributed by atoms with Gasteiger partial charge in [0, 0.05) is 30.6 Å². The van der Waals surface area contributed by atoms with Crippen molar-refractivity contribution in [3.05, 3.63) is 24.0 Å². The van der Waals surface area contributed by atoms with Gasteiger partial charge in [0.15, 0.2) is 0 Å². The lowest BCUT2D eigenvalue weighted by Gasteiger charge is -2.37. The van der Waals surface area contributed by atoms with E-state index in [2.05, 4.69) is 14.9 Å². The van der Waals surface area contributed by atoms with E-state index in [0.29, 0.717) is 30.3 Å². The number of morpholine rings is 1. The van der Waals surface area contributed by atoms with E-state index in [-0.39, 0.29) is 0 Å². The SMILES string of the molecule is O=C(O)/C=C/c1cnc(N2CCOC3CCCC32)nc1. The molecule has 1 aromatic heterocycles. The molecule has 2 unspecified atom stereocenters. The fourth-order valence-corrected chi connectivity index (χ4v) is 2.91. The number of carboxylic acids is 1. The van der Waals surface area contributed by atoms with E-state index in [1.54, 1.807) is 12.4 Å². The van der Waals surface area contributed by atoms with Gasteiger partial charge in [-0.2, -0.15) is 0 Å². The van der Waals surface area contributed by atoms with Gasteiger partial charge in [-0.25, -0.2) is 14.8 Å². The largest absolute Gasteiger partial charge is 0.478 e. The minimum Gasteiger partial charge on any atom is -0.478 e. The molecule has 106 valence electrons. The molecule has 0 spiro atoms. The smallest absolute Gasteiger partial charge is 0.328 e. The van der Waals surface area contributed by atoms with Crippen molar-refractivity contribution in [1.29, 1.82) is 0 Å². The lowest BCUT2D eigenvalue weighted by atomic mass is 10.1. The van der Waals surface area contributed by atoms with Crippen molar-refractivity contribution < 1.29 is 14.6 Å². The Hall–Kier alpha value is -1.95. The molecule has 0 bridgehead atoms. The van der Waals surface area contributed by atoms with Crippen molar-refractivity contribution in [3.63, 3.8) is 0 Å². The molecular weight excluding hydrogens is 258 g/mol. The first-order chi connectivity index (χ1) is 9.74. The van der Waals surface area contributed by atoms with Crippen LogP contribution in [-0.4, -0.2) is 46.3 Å². The van der Waals surface area contributed by atoms with Gasteiger partial charge in [0.1, 0.15) is 0 Å². The van der Waals surface area contributed by atoms with Crippen molar-refractivity contribution >= 4 is 18.0 Å². The summed E-state index contributed by atoms with van der Waals surface area (Å²) in [5, 5.41) is 8.59. The second-order valence-electron chi connectivity index (χ2n) is 5.09. The highest BCUT2D eigenvalue weighted by Gasteiger charge is 2.37. The summed E-state index contributed by atoms with van der Waals surface area (Å²) in [5.41, 5.74) is 0.687. The van der Waals surface area contributed by atoms with Crippen molar-refractivity contribution in [3.8, 4) is 0 Å². The molecule has 2 aliphatic rings. The molecule has 0 amide bonds. The van der Waals surface area contributed by atoms with E-state index < -0.39 is 5.97 Å². The van der Waals surface area contributed by atoms with Gasteiger partial charge in [-0.3, -0.25) is 0 Å². The third-order valence-electron chi connectivity index (χ3n) is 3.82. The van der Waals surface area contributed by atoms with Crippen molar-refractivity contribution in [2.75, 3.05) is 18.1 Å². The summed E-state index contributed by atoms with van der Waals surface area (Å²) in [6, 6.07) is 0.379. The molecule has 1 aliphatic heterocycles. The van der Waals surface area contributed by atoms with Crippen LogP contribution in [0.1, 0.15) is 24.8 Å². The number of hydrogen-bond donors (Lipinski definition) is 1. The monoisotopic (exact) mass is 275 g/mol. The van der Waals surface area contributed by atoms with E-state index in [0.717, 1.165) is 25.5 Å². The fourth-order valence-electron chi connectivity index (χ4n) is 2.91. The number of aliphatic carboxylic acids is 1. The third-order valence-corrected chi connectivity index (χ3v) is 3.82. The van der Waals surface area contributed by atoms with Crippen molar-refractivity contribution in [1.82, 2.24) is 9.97 Å². The fraction of sp³-hybridized carbons (Fsp3) is 0.500. The van der Waals surface area contributed by atoms with Gasteiger partial charge < -0.3 is 14.7 Å². The van der Waals surface area contributed by atoms with Gasteiger partial charge in [0.05, 0.1) is 18.8 Å². The number of carboxylic acid groups (broad SMARTS) is 1. The summed E-state index contributed by atoms with van der Waals surface area (Å²) in [6.45, 7) is 1.52. The van der Waals surface area contributed by atoms with E-state index in [4.69, 9.17) is 9.84 Å². The highest BCUT2D eigenvalue weighted by Crippen LogP contribution is 2.31. The van der Waals surface area contributed by atoms with Gasteiger partial charge >= 0.3 is 5.97 Å². The van der Waals surface area contributed by atoms with Crippen LogP contribution in [0.15, 0.2) is 18.5 Å². The first kappa shape index (κ1) is 13.1. The average molecular weight is 275 g/mol. The molecule has 1 saturated heterocycles. The van der Waals surface area contributed by atoms with Gasteiger partial charge in [-0.15, -0.1) is 0 Å². The Kier molecular flexibility index (Phi) is 3.64. The Morgan fingerprint density at radius 3 is 2.95 bits per heavy atom. The highest BCUT2D eigenvalue weighted by atomic mass is 16.5. The molecule has 2 heterocycles. The zero-order chi connectivity index (χ0) is 13.9. The van der Waals surface area contributed by atoms with E-state index in [9.17, 15) is 4.79 Å². The molecule has 20 heavy (non-hydrogen) atoms.